The van der Waals surface area contributed by atoms with Gasteiger partial charge in [-0.3, -0.25) is 4.72 Å². The lowest BCUT2D eigenvalue weighted by Crippen LogP contribution is -2.24. The van der Waals surface area contributed by atoms with E-state index in [1.165, 1.54) is 17.7 Å². The van der Waals surface area contributed by atoms with Gasteiger partial charge in [0.2, 0.25) is 0 Å². The van der Waals surface area contributed by atoms with E-state index >= 15 is 0 Å². The van der Waals surface area contributed by atoms with Crippen LogP contribution in [0.15, 0.2) is 47.4 Å². The number of aryl methyl sites for hydroxylation is 1. The van der Waals surface area contributed by atoms with Crippen molar-refractivity contribution in [1.82, 2.24) is 0 Å². The quantitative estimate of drug-likeness (QED) is 0.935. The molecule has 122 valence electrons. The first-order valence-electron chi connectivity index (χ1n) is 7.50. The van der Waals surface area contributed by atoms with Crippen molar-refractivity contribution in [2.75, 3.05) is 30.3 Å². The Labute approximate surface area is 136 Å². The Morgan fingerprint density at radius 3 is 2.57 bits per heavy atom. The van der Waals surface area contributed by atoms with Gasteiger partial charge in [0.15, 0.2) is 0 Å². The van der Waals surface area contributed by atoms with E-state index in [0.29, 0.717) is 11.4 Å². The highest BCUT2D eigenvalue weighted by atomic mass is 32.2. The Hall–Kier alpha value is -2.21. The zero-order chi connectivity index (χ0) is 16.4. The number of sulfonamides is 1. The zero-order valence-corrected chi connectivity index (χ0v) is 14.1. The van der Waals surface area contributed by atoms with Gasteiger partial charge in [-0.05, 0) is 54.8 Å². The van der Waals surface area contributed by atoms with Crippen LogP contribution in [0.4, 0.5) is 11.4 Å². The van der Waals surface area contributed by atoms with Gasteiger partial charge in [-0.15, -0.1) is 0 Å². The van der Waals surface area contributed by atoms with Gasteiger partial charge in [-0.1, -0.05) is 6.07 Å². The van der Waals surface area contributed by atoms with Gasteiger partial charge in [0, 0.05) is 19.3 Å². The van der Waals surface area contributed by atoms with Gasteiger partial charge in [-0.2, -0.15) is 0 Å². The third-order valence-electron chi connectivity index (χ3n) is 4.06. The van der Waals surface area contributed by atoms with E-state index in [-0.39, 0.29) is 4.90 Å². The maximum absolute atomic E-state index is 12.5. The van der Waals surface area contributed by atoms with Crippen LogP contribution in [0, 0.1) is 0 Å². The minimum atomic E-state index is -3.61. The summed E-state index contributed by atoms with van der Waals surface area (Å²) in [4.78, 5) is 2.37. The molecule has 0 unspecified atom stereocenters. The third kappa shape index (κ3) is 3.27. The van der Waals surface area contributed by atoms with E-state index in [1.807, 2.05) is 25.2 Å². The molecule has 0 saturated heterocycles. The van der Waals surface area contributed by atoms with Gasteiger partial charge in [-0.25, -0.2) is 8.42 Å². The molecule has 0 saturated carbocycles. The van der Waals surface area contributed by atoms with Crippen molar-refractivity contribution in [2.24, 2.45) is 0 Å². The lowest BCUT2D eigenvalue weighted by molar-refractivity contribution is 0.414. The average Bonchev–Trinajstić information content (AvgIpc) is 2.55. The maximum Gasteiger partial charge on any atom is 0.261 e. The molecular formula is C17H20N2O3S. The second-order valence-electron chi connectivity index (χ2n) is 5.65. The van der Waals surface area contributed by atoms with Crippen molar-refractivity contribution in [3.05, 3.63) is 48.0 Å². The smallest absolute Gasteiger partial charge is 0.261 e. The largest absolute Gasteiger partial charge is 0.497 e. The molecular weight excluding hydrogens is 312 g/mol. The van der Waals surface area contributed by atoms with E-state index in [9.17, 15) is 8.42 Å². The molecule has 0 bridgehead atoms. The van der Waals surface area contributed by atoms with E-state index in [4.69, 9.17) is 4.74 Å². The highest BCUT2D eigenvalue weighted by molar-refractivity contribution is 7.92. The van der Waals surface area contributed by atoms with Crippen molar-refractivity contribution < 1.29 is 13.2 Å². The second-order valence-corrected chi connectivity index (χ2v) is 7.33. The number of hydrogen-bond donors (Lipinski definition) is 1. The molecule has 2 aromatic rings. The first kappa shape index (κ1) is 15.7. The van der Waals surface area contributed by atoms with Crippen LogP contribution in [0.1, 0.15) is 12.0 Å². The number of ether oxygens (including phenoxy) is 1. The fourth-order valence-electron chi connectivity index (χ4n) is 2.79. The molecule has 23 heavy (non-hydrogen) atoms. The third-order valence-corrected chi connectivity index (χ3v) is 5.46. The topological polar surface area (TPSA) is 58.6 Å². The van der Waals surface area contributed by atoms with Crippen molar-refractivity contribution >= 4 is 21.4 Å². The minimum Gasteiger partial charge on any atom is -0.497 e. The summed E-state index contributed by atoms with van der Waals surface area (Å²) in [5.74, 6) is 0.624. The van der Waals surface area contributed by atoms with Gasteiger partial charge < -0.3 is 9.64 Å². The fourth-order valence-corrected chi connectivity index (χ4v) is 3.84. The Morgan fingerprint density at radius 2 is 1.87 bits per heavy atom. The Balaban J connectivity index is 1.86. The van der Waals surface area contributed by atoms with Crippen LogP contribution in [0.3, 0.4) is 0 Å². The van der Waals surface area contributed by atoms with Crippen molar-refractivity contribution in [3.8, 4) is 5.75 Å². The van der Waals surface area contributed by atoms with E-state index in [2.05, 4.69) is 9.62 Å². The Bertz CT molecular complexity index is 801. The predicted molar refractivity (Wildman–Crippen MR) is 91.8 cm³/mol. The molecule has 0 radical (unpaired) electrons. The van der Waals surface area contributed by atoms with Crippen molar-refractivity contribution in [1.29, 1.82) is 0 Å². The Kier molecular flexibility index (Phi) is 4.17. The van der Waals surface area contributed by atoms with E-state index < -0.39 is 10.0 Å². The van der Waals surface area contributed by atoms with Gasteiger partial charge >= 0.3 is 0 Å². The summed E-state index contributed by atoms with van der Waals surface area (Å²) in [5, 5.41) is 0. The molecule has 1 aliphatic heterocycles. The number of rotatable bonds is 4. The average molecular weight is 332 g/mol. The van der Waals surface area contributed by atoms with Crippen LogP contribution in [0.25, 0.3) is 0 Å². The molecule has 0 aromatic heterocycles. The van der Waals surface area contributed by atoms with Crippen LogP contribution in [0.5, 0.6) is 5.75 Å². The highest BCUT2D eigenvalue weighted by Gasteiger charge is 2.17. The molecule has 0 fully saturated rings. The molecule has 1 heterocycles. The number of methoxy groups -OCH3 is 1. The summed E-state index contributed by atoms with van der Waals surface area (Å²) < 4.78 is 32.7. The highest BCUT2D eigenvalue weighted by Crippen LogP contribution is 2.30. The first-order chi connectivity index (χ1) is 11.0. The van der Waals surface area contributed by atoms with Gasteiger partial charge in [0.1, 0.15) is 5.75 Å². The van der Waals surface area contributed by atoms with E-state index in [1.54, 1.807) is 19.2 Å². The predicted octanol–water partition coefficient (Wildman–Crippen LogP) is 2.88. The molecule has 1 N–H and O–H groups in total. The molecule has 0 aliphatic carbocycles. The number of anilines is 2. The van der Waals surface area contributed by atoms with Crippen LogP contribution in [-0.2, 0) is 16.4 Å². The summed E-state index contributed by atoms with van der Waals surface area (Å²) in [5.41, 5.74) is 2.92. The summed E-state index contributed by atoms with van der Waals surface area (Å²) in [7, 11) is -0.0319. The fraction of sp³-hybridized carbons (Fsp3) is 0.294. The zero-order valence-electron chi connectivity index (χ0n) is 13.2. The summed E-state index contributed by atoms with van der Waals surface area (Å²) >= 11 is 0. The maximum atomic E-state index is 12.5. The number of nitrogens with zero attached hydrogens (tertiary/aromatic N) is 1. The minimum absolute atomic E-state index is 0.212. The second kappa shape index (κ2) is 6.12. The standard InChI is InChI=1S/C17H20N2O3S/c1-19-11-3-4-13-5-6-14(12-17(13)19)18-23(20,21)16-9-7-15(22-2)8-10-16/h5-10,12,18H,3-4,11H2,1-2H3. The monoisotopic (exact) mass is 332 g/mol. The first-order valence-corrected chi connectivity index (χ1v) is 8.99. The van der Waals surface area contributed by atoms with Crippen LogP contribution < -0.4 is 14.4 Å². The molecule has 0 spiro atoms. The molecule has 1 aliphatic rings. The van der Waals surface area contributed by atoms with Crippen LogP contribution in [-0.4, -0.2) is 29.1 Å². The van der Waals surface area contributed by atoms with Crippen molar-refractivity contribution in [2.45, 2.75) is 17.7 Å². The van der Waals surface area contributed by atoms with Gasteiger partial charge in [0.25, 0.3) is 10.0 Å². The number of fused-ring (bicyclic) bond motifs is 1. The van der Waals surface area contributed by atoms with Gasteiger partial charge in [0.05, 0.1) is 17.7 Å². The molecule has 6 heteroatoms. The summed E-state index contributed by atoms with van der Waals surface area (Å²) in [6.07, 6.45) is 2.16. The SMILES string of the molecule is COc1ccc(S(=O)(=O)Nc2ccc3c(c2)N(C)CCC3)cc1. The van der Waals surface area contributed by atoms with Crippen LogP contribution >= 0.6 is 0 Å². The Morgan fingerprint density at radius 1 is 1.13 bits per heavy atom. The molecule has 3 rings (SSSR count). The lowest BCUT2D eigenvalue weighted by atomic mass is 10.0. The summed E-state index contributed by atoms with van der Waals surface area (Å²) in [6.45, 7) is 0.988. The number of hydrogen-bond acceptors (Lipinski definition) is 4. The molecule has 0 atom stereocenters. The van der Waals surface area contributed by atoms with Crippen molar-refractivity contribution in [3.63, 3.8) is 0 Å². The van der Waals surface area contributed by atoms with Crippen LogP contribution in [0.2, 0.25) is 0 Å². The molecule has 5 nitrogen and oxygen atoms in total. The lowest BCUT2D eigenvalue weighted by Gasteiger charge is -2.28. The van der Waals surface area contributed by atoms with E-state index in [0.717, 1.165) is 25.1 Å². The molecule has 0 amide bonds. The summed E-state index contributed by atoms with van der Waals surface area (Å²) in [6, 6.07) is 12.0. The number of benzene rings is 2. The number of nitrogens with one attached hydrogen (secondary N) is 1. The normalized spacial score (nSPS) is 14.3. The molecule has 2 aromatic carbocycles.